The summed E-state index contributed by atoms with van der Waals surface area (Å²) in [7, 11) is 3.30. The van der Waals surface area contributed by atoms with Crippen LogP contribution in [0.2, 0.25) is 0 Å². The second kappa shape index (κ2) is 6.93. The zero-order valence-electron chi connectivity index (χ0n) is 14.5. The Morgan fingerprint density at radius 2 is 1.64 bits per heavy atom. The highest BCUT2D eigenvalue weighted by Crippen LogP contribution is 2.29. The molecule has 1 unspecified atom stereocenters. The minimum absolute atomic E-state index is 0.139. The molecule has 0 aliphatic rings. The van der Waals surface area contributed by atoms with Crippen molar-refractivity contribution in [2.75, 3.05) is 14.2 Å². The van der Waals surface area contributed by atoms with E-state index in [1.54, 1.807) is 31.2 Å². The van der Waals surface area contributed by atoms with Crippen molar-refractivity contribution in [2.24, 2.45) is 0 Å². The fourth-order valence-corrected chi connectivity index (χ4v) is 2.89. The lowest BCUT2D eigenvalue weighted by Crippen LogP contribution is -2.30. The standard InChI is InChI=1S/C21H20FNO2/c1-14(15-8-10-18(22)11-9-15)23(2)21(24)19-12-16-6-4-5-7-17(16)13-20(19)25-3/h4-14H,1-3H3. The SMILES string of the molecule is COc1cc2ccccc2cc1C(=O)N(C)C(C)c1ccc(F)cc1. The van der Waals surface area contributed by atoms with E-state index < -0.39 is 0 Å². The van der Waals surface area contributed by atoms with Crippen molar-refractivity contribution in [2.45, 2.75) is 13.0 Å². The Balaban J connectivity index is 1.96. The van der Waals surface area contributed by atoms with Gasteiger partial charge in [0.25, 0.3) is 5.91 Å². The van der Waals surface area contributed by atoms with Gasteiger partial charge in [-0.2, -0.15) is 0 Å². The van der Waals surface area contributed by atoms with Gasteiger partial charge in [-0.05, 0) is 47.5 Å². The number of hydrogen-bond acceptors (Lipinski definition) is 2. The van der Waals surface area contributed by atoms with E-state index in [4.69, 9.17) is 4.74 Å². The third-order valence-electron chi connectivity index (χ3n) is 4.55. The van der Waals surface area contributed by atoms with Gasteiger partial charge in [-0.25, -0.2) is 4.39 Å². The van der Waals surface area contributed by atoms with Gasteiger partial charge in [0, 0.05) is 7.05 Å². The summed E-state index contributed by atoms with van der Waals surface area (Å²) in [5.74, 6) is 0.113. The van der Waals surface area contributed by atoms with Crippen molar-refractivity contribution in [3.63, 3.8) is 0 Å². The van der Waals surface area contributed by atoms with Crippen LogP contribution >= 0.6 is 0 Å². The molecular weight excluding hydrogens is 317 g/mol. The largest absolute Gasteiger partial charge is 0.496 e. The van der Waals surface area contributed by atoms with Gasteiger partial charge in [0.05, 0.1) is 18.7 Å². The molecule has 0 aliphatic heterocycles. The molecule has 0 aliphatic carbocycles. The molecule has 0 spiro atoms. The van der Waals surface area contributed by atoms with E-state index in [1.807, 2.05) is 43.3 Å². The van der Waals surface area contributed by atoms with E-state index in [-0.39, 0.29) is 17.8 Å². The van der Waals surface area contributed by atoms with E-state index >= 15 is 0 Å². The van der Waals surface area contributed by atoms with Gasteiger partial charge in [-0.3, -0.25) is 4.79 Å². The Morgan fingerprint density at radius 1 is 1.04 bits per heavy atom. The Morgan fingerprint density at radius 3 is 2.24 bits per heavy atom. The second-order valence-corrected chi connectivity index (χ2v) is 6.04. The zero-order chi connectivity index (χ0) is 18.0. The topological polar surface area (TPSA) is 29.5 Å². The number of rotatable bonds is 4. The van der Waals surface area contributed by atoms with Crippen molar-refractivity contribution in [1.82, 2.24) is 4.90 Å². The van der Waals surface area contributed by atoms with Gasteiger partial charge in [-0.15, -0.1) is 0 Å². The van der Waals surface area contributed by atoms with Gasteiger partial charge in [0.2, 0.25) is 0 Å². The Bertz CT molecular complexity index is 905. The molecule has 1 atom stereocenters. The maximum Gasteiger partial charge on any atom is 0.257 e. The summed E-state index contributed by atoms with van der Waals surface area (Å²) in [6, 6.07) is 17.6. The van der Waals surface area contributed by atoms with E-state index in [0.717, 1.165) is 16.3 Å². The second-order valence-electron chi connectivity index (χ2n) is 6.04. The first kappa shape index (κ1) is 17.0. The van der Waals surface area contributed by atoms with Crippen molar-refractivity contribution in [3.05, 3.63) is 77.6 Å². The van der Waals surface area contributed by atoms with Crippen LogP contribution in [0.1, 0.15) is 28.9 Å². The fraction of sp³-hybridized carbons (Fsp3) is 0.190. The molecule has 25 heavy (non-hydrogen) atoms. The lowest BCUT2D eigenvalue weighted by Gasteiger charge is -2.26. The van der Waals surface area contributed by atoms with Crippen LogP contribution in [0.5, 0.6) is 5.75 Å². The molecule has 0 saturated carbocycles. The van der Waals surface area contributed by atoms with Crippen LogP contribution in [-0.4, -0.2) is 25.0 Å². The summed E-state index contributed by atoms with van der Waals surface area (Å²) in [6.45, 7) is 1.92. The molecule has 4 heteroatoms. The summed E-state index contributed by atoms with van der Waals surface area (Å²) in [6.07, 6.45) is 0. The maximum absolute atomic E-state index is 13.1. The number of methoxy groups -OCH3 is 1. The zero-order valence-corrected chi connectivity index (χ0v) is 14.5. The normalized spacial score (nSPS) is 12.0. The van der Waals surface area contributed by atoms with Crippen LogP contribution in [0, 0.1) is 5.82 Å². The molecule has 0 aromatic heterocycles. The van der Waals surface area contributed by atoms with Crippen molar-refractivity contribution < 1.29 is 13.9 Å². The summed E-state index contributed by atoms with van der Waals surface area (Å²) in [5, 5.41) is 2.00. The molecule has 0 heterocycles. The number of carbonyl (C=O) groups is 1. The summed E-state index contributed by atoms with van der Waals surface area (Å²) < 4.78 is 18.6. The monoisotopic (exact) mass is 337 g/mol. The average molecular weight is 337 g/mol. The Kier molecular flexibility index (Phi) is 4.70. The van der Waals surface area contributed by atoms with Crippen LogP contribution in [-0.2, 0) is 0 Å². The van der Waals surface area contributed by atoms with Crippen LogP contribution in [0.15, 0.2) is 60.7 Å². The number of hydrogen-bond donors (Lipinski definition) is 0. The molecule has 0 bridgehead atoms. The van der Waals surface area contributed by atoms with Crippen LogP contribution in [0.25, 0.3) is 10.8 Å². The molecule has 1 amide bonds. The summed E-state index contributed by atoms with van der Waals surface area (Å²) >= 11 is 0. The molecule has 0 radical (unpaired) electrons. The predicted octanol–water partition coefficient (Wildman–Crippen LogP) is 4.82. The van der Waals surface area contributed by atoms with E-state index in [0.29, 0.717) is 11.3 Å². The third kappa shape index (κ3) is 3.33. The Labute approximate surface area is 146 Å². The van der Waals surface area contributed by atoms with Crippen LogP contribution in [0.3, 0.4) is 0 Å². The lowest BCUT2D eigenvalue weighted by molar-refractivity contribution is 0.0739. The number of amides is 1. The smallest absolute Gasteiger partial charge is 0.257 e. The van der Waals surface area contributed by atoms with Gasteiger partial charge in [0.1, 0.15) is 11.6 Å². The minimum Gasteiger partial charge on any atom is -0.496 e. The molecule has 3 rings (SSSR count). The molecule has 0 fully saturated rings. The van der Waals surface area contributed by atoms with Crippen molar-refractivity contribution in [3.8, 4) is 5.75 Å². The van der Waals surface area contributed by atoms with Crippen molar-refractivity contribution >= 4 is 16.7 Å². The predicted molar refractivity (Wildman–Crippen MR) is 97.4 cm³/mol. The molecule has 3 nitrogen and oxygen atoms in total. The van der Waals surface area contributed by atoms with Crippen LogP contribution < -0.4 is 4.74 Å². The van der Waals surface area contributed by atoms with Gasteiger partial charge in [0.15, 0.2) is 0 Å². The third-order valence-corrected chi connectivity index (χ3v) is 4.55. The molecule has 0 saturated heterocycles. The lowest BCUT2D eigenvalue weighted by atomic mass is 10.0. The highest BCUT2D eigenvalue weighted by atomic mass is 19.1. The first-order chi connectivity index (χ1) is 12.0. The highest BCUT2D eigenvalue weighted by Gasteiger charge is 2.22. The van der Waals surface area contributed by atoms with E-state index in [2.05, 4.69) is 0 Å². The van der Waals surface area contributed by atoms with E-state index in [9.17, 15) is 9.18 Å². The van der Waals surface area contributed by atoms with Crippen LogP contribution in [0.4, 0.5) is 4.39 Å². The van der Waals surface area contributed by atoms with Gasteiger partial charge >= 0.3 is 0 Å². The van der Waals surface area contributed by atoms with E-state index in [1.165, 1.54) is 12.1 Å². The number of ether oxygens (including phenoxy) is 1. The molecule has 3 aromatic carbocycles. The quantitative estimate of drug-likeness (QED) is 0.683. The van der Waals surface area contributed by atoms with Crippen molar-refractivity contribution in [1.29, 1.82) is 0 Å². The maximum atomic E-state index is 13.1. The summed E-state index contributed by atoms with van der Waals surface area (Å²) in [4.78, 5) is 14.7. The molecule has 3 aromatic rings. The molecule has 0 N–H and O–H groups in total. The van der Waals surface area contributed by atoms with Gasteiger partial charge in [-0.1, -0.05) is 36.4 Å². The summed E-state index contributed by atoms with van der Waals surface area (Å²) in [5.41, 5.74) is 1.38. The number of benzene rings is 3. The molecular formula is C21H20FNO2. The Hall–Kier alpha value is -2.88. The number of halogens is 1. The highest BCUT2D eigenvalue weighted by molar-refractivity contribution is 6.01. The number of nitrogens with zero attached hydrogens (tertiary/aromatic N) is 1. The molecule has 128 valence electrons. The van der Waals surface area contributed by atoms with Gasteiger partial charge < -0.3 is 9.64 Å². The fourth-order valence-electron chi connectivity index (χ4n) is 2.89. The number of fused-ring (bicyclic) bond motifs is 1. The average Bonchev–Trinajstić information content (AvgIpc) is 2.65. The number of carbonyl (C=O) groups excluding carboxylic acids is 1. The first-order valence-corrected chi connectivity index (χ1v) is 8.10. The first-order valence-electron chi connectivity index (χ1n) is 8.10. The minimum atomic E-state index is -0.291.